The lowest BCUT2D eigenvalue weighted by atomic mass is 9.91. The highest BCUT2D eigenvalue weighted by Gasteiger charge is 2.33. The maximum atomic E-state index is 12.8. The molecule has 1 aliphatic heterocycles. The molecule has 0 aliphatic carbocycles. The molecule has 0 amide bonds. The summed E-state index contributed by atoms with van der Waals surface area (Å²) >= 11 is 6.02. The minimum absolute atomic E-state index is 0.172. The Kier molecular flexibility index (Phi) is 6.12. The van der Waals surface area contributed by atoms with E-state index in [1.807, 2.05) is 30.3 Å². The van der Waals surface area contributed by atoms with Crippen LogP contribution in [0.15, 0.2) is 65.8 Å². The highest BCUT2D eigenvalue weighted by Crippen LogP contribution is 2.27. The molecule has 4 aromatic rings. The summed E-state index contributed by atoms with van der Waals surface area (Å²) in [4.78, 5) is 19.4. The number of ether oxygens (including phenoxy) is 1. The van der Waals surface area contributed by atoms with Crippen LogP contribution < -0.4 is 10.3 Å². The number of piperidine rings is 1. The molecular weight excluding hydrogens is 454 g/mol. The first kappa shape index (κ1) is 22.6. The largest absolute Gasteiger partial charge is 0.457 e. The van der Waals surface area contributed by atoms with Crippen molar-refractivity contribution in [2.45, 2.75) is 31.5 Å². The Balaban J connectivity index is 1.17. The van der Waals surface area contributed by atoms with Gasteiger partial charge in [0, 0.05) is 31.7 Å². The molecular formula is C25H26ClN5O3. The molecule has 1 fully saturated rings. The fourth-order valence-electron chi connectivity index (χ4n) is 4.37. The fourth-order valence-corrected chi connectivity index (χ4v) is 4.55. The molecule has 1 N–H and O–H groups in total. The van der Waals surface area contributed by atoms with Gasteiger partial charge in [0.15, 0.2) is 5.65 Å². The quantitative estimate of drug-likeness (QED) is 0.455. The van der Waals surface area contributed by atoms with Gasteiger partial charge in [-0.25, -0.2) is 4.98 Å². The molecule has 0 bridgehead atoms. The smallest absolute Gasteiger partial charge is 0.264 e. The van der Waals surface area contributed by atoms with E-state index in [2.05, 4.69) is 27.1 Å². The monoisotopic (exact) mass is 479 g/mol. The number of fused-ring (bicyclic) bond motifs is 1. The summed E-state index contributed by atoms with van der Waals surface area (Å²) in [7, 11) is 1.75. The molecule has 3 heterocycles. The number of aliphatic hydroxyl groups is 1. The summed E-state index contributed by atoms with van der Waals surface area (Å²) < 4.78 is 8.93. The van der Waals surface area contributed by atoms with Crippen LogP contribution in [0, 0.1) is 0 Å². The van der Waals surface area contributed by atoms with Crippen LogP contribution >= 0.6 is 11.6 Å². The zero-order valence-electron chi connectivity index (χ0n) is 18.9. The second-order valence-corrected chi connectivity index (χ2v) is 9.32. The Hall–Kier alpha value is -3.20. The molecule has 0 saturated carbocycles. The Morgan fingerprint density at radius 3 is 2.62 bits per heavy atom. The number of likely N-dealkylation sites (tertiary alicyclic amines) is 1. The topological polar surface area (TPSA) is 85.4 Å². The van der Waals surface area contributed by atoms with Crippen molar-refractivity contribution >= 4 is 22.6 Å². The van der Waals surface area contributed by atoms with Gasteiger partial charge in [0.05, 0.1) is 18.3 Å². The SMILES string of the molecule is Cn1ncc2c(=O)n(CC3(O)CCN(Cc4ccc(Oc5cccc(Cl)c5)cc4)CC3)cnc21. The Morgan fingerprint density at radius 1 is 1.12 bits per heavy atom. The van der Waals surface area contributed by atoms with Crippen LogP contribution in [0.1, 0.15) is 18.4 Å². The first-order valence-corrected chi connectivity index (χ1v) is 11.6. The van der Waals surface area contributed by atoms with E-state index in [0.717, 1.165) is 25.4 Å². The predicted molar refractivity (Wildman–Crippen MR) is 130 cm³/mol. The molecule has 1 aliphatic rings. The summed E-state index contributed by atoms with van der Waals surface area (Å²) in [5, 5.41) is 16.3. The van der Waals surface area contributed by atoms with Gasteiger partial charge in [0.1, 0.15) is 23.2 Å². The predicted octanol–water partition coefficient (Wildman–Crippen LogP) is 3.60. The van der Waals surface area contributed by atoms with Crippen molar-refractivity contribution in [1.82, 2.24) is 24.2 Å². The number of halogens is 1. The van der Waals surface area contributed by atoms with E-state index in [0.29, 0.717) is 34.6 Å². The van der Waals surface area contributed by atoms with E-state index in [1.54, 1.807) is 17.8 Å². The molecule has 2 aromatic heterocycles. The highest BCUT2D eigenvalue weighted by molar-refractivity contribution is 6.30. The van der Waals surface area contributed by atoms with E-state index >= 15 is 0 Å². The Morgan fingerprint density at radius 2 is 1.88 bits per heavy atom. The van der Waals surface area contributed by atoms with Crippen LogP contribution in [-0.2, 0) is 20.1 Å². The van der Waals surface area contributed by atoms with Gasteiger partial charge < -0.3 is 9.84 Å². The van der Waals surface area contributed by atoms with Crippen molar-refractivity contribution in [3.05, 3.63) is 82.0 Å². The third-order valence-corrected chi connectivity index (χ3v) is 6.57. The summed E-state index contributed by atoms with van der Waals surface area (Å²) in [5.74, 6) is 1.45. The van der Waals surface area contributed by atoms with Crippen LogP contribution in [0.4, 0.5) is 0 Å². The van der Waals surface area contributed by atoms with Crippen LogP contribution in [-0.4, -0.2) is 48.0 Å². The summed E-state index contributed by atoms with van der Waals surface area (Å²) in [6.07, 6.45) is 4.20. The van der Waals surface area contributed by atoms with Crippen LogP contribution in [0.2, 0.25) is 5.02 Å². The van der Waals surface area contributed by atoms with Gasteiger partial charge in [0.25, 0.3) is 5.56 Å². The fraction of sp³-hybridized carbons (Fsp3) is 0.320. The van der Waals surface area contributed by atoms with Crippen molar-refractivity contribution in [2.24, 2.45) is 7.05 Å². The normalized spacial score (nSPS) is 16.1. The zero-order valence-corrected chi connectivity index (χ0v) is 19.6. The van der Waals surface area contributed by atoms with E-state index in [4.69, 9.17) is 16.3 Å². The Labute approximate surface area is 202 Å². The van der Waals surface area contributed by atoms with E-state index < -0.39 is 5.60 Å². The molecule has 1 saturated heterocycles. The third kappa shape index (κ3) is 4.84. The summed E-state index contributed by atoms with van der Waals surface area (Å²) in [6, 6.07) is 15.3. The molecule has 8 nitrogen and oxygen atoms in total. The second kappa shape index (κ2) is 9.21. The molecule has 2 aromatic carbocycles. The van der Waals surface area contributed by atoms with Crippen LogP contribution in [0.25, 0.3) is 11.0 Å². The van der Waals surface area contributed by atoms with Gasteiger partial charge in [0.2, 0.25) is 0 Å². The number of rotatable bonds is 6. The average Bonchev–Trinajstić information content (AvgIpc) is 3.20. The van der Waals surface area contributed by atoms with Crippen molar-refractivity contribution in [2.75, 3.05) is 13.1 Å². The summed E-state index contributed by atoms with van der Waals surface area (Å²) in [5.41, 5.74) is 0.611. The van der Waals surface area contributed by atoms with Gasteiger partial charge in [-0.3, -0.25) is 18.9 Å². The van der Waals surface area contributed by atoms with Crippen LogP contribution in [0.3, 0.4) is 0 Å². The molecule has 0 unspecified atom stereocenters. The van der Waals surface area contributed by atoms with E-state index in [9.17, 15) is 9.90 Å². The van der Waals surface area contributed by atoms with Gasteiger partial charge in [-0.2, -0.15) is 5.10 Å². The van der Waals surface area contributed by atoms with Crippen LogP contribution in [0.5, 0.6) is 11.5 Å². The first-order chi connectivity index (χ1) is 16.4. The van der Waals surface area contributed by atoms with Gasteiger partial charge in [-0.1, -0.05) is 29.8 Å². The van der Waals surface area contributed by atoms with Crippen molar-refractivity contribution < 1.29 is 9.84 Å². The minimum atomic E-state index is -0.938. The lowest BCUT2D eigenvalue weighted by Gasteiger charge is -2.38. The first-order valence-electron chi connectivity index (χ1n) is 11.2. The summed E-state index contributed by atoms with van der Waals surface area (Å²) in [6.45, 7) is 2.51. The number of benzene rings is 2. The molecule has 0 atom stereocenters. The molecule has 0 radical (unpaired) electrons. The second-order valence-electron chi connectivity index (χ2n) is 8.89. The molecule has 5 rings (SSSR count). The maximum absolute atomic E-state index is 12.8. The Bertz CT molecular complexity index is 1360. The maximum Gasteiger partial charge on any atom is 0.264 e. The van der Waals surface area contributed by atoms with E-state index in [1.165, 1.54) is 22.7 Å². The van der Waals surface area contributed by atoms with Gasteiger partial charge in [-0.15, -0.1) is 0 Å². The number of aromatic nitrogens is 4. The molecule has 0 spiro atoms. The number of aryl methyl sites for hydroxylation is 1. The molecule has 176 valence electrons. The lowest BCUT2D eigenvalue weighted by molar-refractivity contribution is -0.0364. The minimum Gasteiger partial charge on any atom is -0.457 e. The number of nitrogens with zero attached hydrogens (tertiary/aromatic N) is 5. The lowest BCUT2D eigenvalue weighted by Crippen LogP contribution is -2.47. The standard InChI is InChI=1S/C25H26ClN5O3/c1-29-23-22(14-28-29)24(32)31(17-27-23)16-25(33)9-11-30(12-10-25)15-18-5-7-20(8-6-18)34-21-4-2-3-19(26)13-21/h2-8,13-14,17,33H,9-12,15-16H2,1H3. The number of hydrogen-bond acceptors (Lipinski definition) is 6. The van der Waals surface area contributed by atoms with Gasteiger partial charge in [-0.05, 0) is 48.7 Å². The van der Waals surface area contributed by atoms with Crippen molar-refractivity contribution in [3.63, 3.8) is 0 Å². The van der Waals surface area contributed by atoms with Crippen molar-refractivity contribution in [3.8, 4) is 11.5 Å². The zero-order chi connectivity index (χ0) is 23.7. The van der Waals surface area contributed by atoms with E-state index in [-0.39, 0.29) is 12.1 Å². The van der Waals surface area contributed by atoms with Gasteiger partial charge >= 0.3 is 0 Å². The molecule has 9 heteroatoms. The third-order valence-electron chi connectivity index (χ3n) is 6.33. The number of hydrogen-bond donors (Lipinski definition) is 1. The average molecular weight is 480 g/mol. The molecule has 34 heavy (non-hydrogen) atoms. The van der Waals surface area contributed by atoms with Crippen molar-refractivity contribution in [1.29, 1.82) is 0 Å². The highest BCUT2D eigenvalue weighted by atomic mass is 35.5.